The van der Waals surface area contributed by atoms with Crippen LogP contribution >= 0.6 is 0 Å². The van der Waals surface area contributed by atoms with E-state index in [0.29, 0.717) is 18.8 Å². The van der Waals surface area contributed by atoms with Gasteiger partial charge in [0, 0.05) is 19.1 Å². The van der Waals surface area contributed by atoms with Gasteiger partial charge < -0.3 is 14.2 Å². The van der Waals surface area contributed by atoms with Gasteiger partial charge in [-0.25, -0.2) is 4.79 Å². The van der Waals surface area contributed by atoms with E-state index in [4.69, 9.17) is 14.2 Å². The number of methoxy groups -OCH3 is 1. The first-order valence-electron chi connectivity index (χ1n) is 7.19. The summed E-state index contributed by atoms with van der Waals surface area (Å²) < 4.78 is 16.1. The Kier molecular flexibility index (Phi) is 6.43. The highest BCUT2D eigenvalue weighted by atomic mass is 16.7. The van der Waals surface area contributed by atoms with E-state index in [2.05, 4.69) is 19.9 Å². The van der Waals surface area contributed by atoms with Gasteiger partial charge in [-0.3, -0.25) is 0 Å². The van der Waals surface area contributed by atoms with Crippen LogP contribution in [0.25, 0.3) is 0 Å². The van der Waals surface area contributed by atoms with Gasteiger partial charge in [0.25, 0.3) is 0 Å². The maximum absolute atomic E-state index is 11.5. The highest BCUT2D eigenvalue weighted by molar-refractivity contribution is 5.91. The van der Waals surface area contributed by atoms with Crippen molar-refractivity contribution < 1.29 is 19.0 Å². The zero-order valence-corrected chi connectivity index (χ0v) is 13.1. The molecule has 0 bridgehead atoms. The molecule has 1 aliphatic rings. The summed E-state index contributed by atoms with van der Waals surface area (Å²) in [5.74, 6) is -0.101. The van der Waals surface area contributed by atoms with Gasteiger partial charge in [0.1, 0.15) is 0 Å². The normalized spacial score (nSPS) is 23.6. The molecule has 4 heteroatoms. The van der Waals surface area contributed by atoms with Crippen LogP contribution in [0.2, 0.25) is 0 Å². The van der Waals surface area contributed by atoms with Gasteiger partial charge in [-0.05, 0) is 25.7 Å². The minimum atomic E-state index is -0.290. The SMILES string of the molecule is CCOC(OCC)C(C)C1(C)C=CC(C(=O)OC)=CC1. The van der Waals surface area contributed by atoms with Gasteiger partial charge in [0.05, 0.1) is 12.7 Å². The van der Waals surface area contributed by atoms with Crippen molar-refractivity contribution in [3.8, 4) is 0 Å². The lowest BCUT2D eigenvalue weighted by Crippen LogP contribution is -2.37. The van der Waals surface area contributed by atoms with Crippen LogP contribution in [-0.4, -0.2) is 32.6 Å². The van der Waals surface area contributed by atoms with Gasteiger partial charge in [-0.2, -0.15) is 0 Å². The van der Waals surface area contributed by atoms with E-state index in [0.717, 1.165) is 6.42 Å². The Labute approximate surface area is 121 Å². The van der Waals surface area contributed by atoms with Gasteiger partial charge >= 0.3 is 5.97 Å². The van der Waals surface area contributed by atoms with Gasteiger partial charge in [-0.1, -0.05) is 32.1 Å². The first-order chi connectivity index (χ1) is 9.48. The summed E-state index contributed by atoms with van der Waals surface area (Å²) in [5, 5.41) is 0. The standard InChI is InChI=1S/C16H26O4/c1-6-19-15(20-7-2)12(3)16(4)10-8-13(9-11-16)14(17)18-5/h8-10,12,15H,6-7,11H2,1-5H3. The highest BCUT2D eigenvalue weighted by Crippen LogP contribution is 2.39. The number of hydrogen-bond acceptors (Lipinski definition) is 4. The van der Waals surface area contributed by atoms with E-state index < -0.39 is 0 Å². The molecule has 0 amide bonds. The zero-order chi connectivity index (χ0) is 15.2. The second kappa shape index (κ2) is 7.60. The molecule has 0 aromatic carbocycles. The topological polar surface area (TPSA) is 44.8 Å². The third-order valence-corrected chi connectivity index (χ3v) is 3.94. The minimum Gasteiger partial charge on any atom is -0.465 e. The predicted molar refractivity (Wildman–Crippen MR) is 78.2 cm³/mol. The average molecular weight is 282 g/mol. The smallest absolute Gasteiger partial charge is 0.337 e. The Morgan fingerprint density at radius 1 is 1.35 bits per heavy atom. The summed E-state index contributed by atoms with van der Waals surface area (Å²) in [6, 6.07) is 0. The van der Waals surface area contributed by atoms with Crippen LogP contribution in [0.1, 0.15) is 34.1 Å². The first-order valence-corrected chi connectivity index (χ1v) is 7.19. The number of ether oxygens (including phenoxy) is 3. The van der Waals surface area contributed by atoms with E-state index in [1.54, 1.807) is 0 Å². The lowest BCUT2D eigenvalue weighted by atomic mass is 9.72. The van der Waals surface area contributed by atoms with E-state index in [1.165, 1.54) is 7.11 Å². The molecular formula is C16H26O4. The molecule has 0 saturated heterocycles. The monoisotopic (exact) mass is 282 g/mol. The van der Waals surface area contributed by atoms with Gasteiger partial charge in [-0.15, -0.1) is 0 Å². The van der Waals surface area contributed by atoms with Crippen LogP contribution in [0.3, 0.4) is 0 Å². The summed E-state index contributed by atoms with van der Waals surface area (Å²) in [5.41, 5.74) is 0.522. The zero-order valence-electron chi connectivity index (χ0n) is 13.1. The van der Waals surface area contributed by atoms with Crippen LogP contribution < -0.4 is 0 Å². The molecule has 0 N–H and O–H groups in total. The number of rotatable bonds is 7. The number of carbonyl (C=O) groups is 1. The maximum atomic E-state index is 11.5. The van der Waals surface area contributed by atoms with E-state index in [-0.39, 0.29) is 23.6 Å². The van der Waals surface area contributed by atoms with Crippen molar-refractivity contribution >= 4 is 5.97 Å². The Morgan fingerprint density at radius 2 is 1.95 bits per heavy atom. The quantitative estimate of drug-likeness (QED) is 0.532. The summed E-state index contributed by atoms with van der Waals surface area (Å²) in [4.78, 5) is 11.5. The molecule has 0 spiro atoms. The van der Waals surface area contributed by atoms with Crippen LogP contribution in [0.15, 0.2) is 23.8 Å². The fraction of sp³-hybridized carbons (Fsp3) is 0.688. The largest absolute Gasteiger partial charge is 0.465 e. The molecule has 0 aliphatic heterocycles. The molecule has 1 aliphatic carbocycles. The maximum Gasteiger partial charge on any atom is 0.337 e. The molecule has 0 radical (unpaired) electrons. The molecule has 20 heavy (non-hydrogen) atoms. The summed E-state index contributed by atoms with van der Waals surface area (Å²) in [6.45, 7) is 9.46. The van der Waals surface area contributed by atoms with Crippen molar-refractivity contribution in [1.82, 2.24) is 0 Å². The molecule has 0 aromatic rings. The van der Waals surface area contributed by atoms with E-state index >= 15 is 0 Å². The lowest BCUT2D eigenvalue weighted by Gasteiger charge is -2.38. The summed E-state index contributed by atoms with van der Waals surface area (Å²) >= 11 is 0. The van der Waals surface area contributed by atoms with Crippen LogP contribution in [0, 0.1) is 11.3 Å². The third-order valence-electron chi connectivity index (χ3n) is 3.94. The predicted octanol–water partition coefficient (Wildman–Crippen LogP) is 3.09. The molecular weight excluding hydrogens is 256 g/mol. The number of carbonyl (C=O) groups excluding carboxylic acids is 1. The van der Waals surface area contributed by atoms with Crippen molar-refractivity contribution in [2.45, 2.75) is 40.4 Å². The van der Waals surface area contributed by atoms with Crippen molar-refractivity contribution in [1.29, 1.82) is 0 Å². The molecule has 2 atom stereocenters. The molecule has 4 nitrogen and oxygen atoms in total. The van der Waals surface area contributed by atoms with Crippen LogP contribution in [0.4, 0.5) is 0 Å². The van der Waals surface area contributed by atoms with Crippen molar-refractivity contribution in [2.24, 2.45) is 11.3 Å². The van der Waals surface area contributed by atoms with E-state index in [9.17, 15) is 4.79 Å². The van der Waals surface area contributed by atoms with Crippen LogP contribution in [-0.2, 0) is 19.0 Å². The fourth-order valence-electron chi connectivity index (χ4n) is 2.33. The molecule has 1 rings (SSSR count). The Balaban J connectivity index is 2.78. The Hall–Kier alpha value is -1.13. The summed E-state index contributed by atoms with van der Waals surface area (Å²) in [6.07, 6.45) is 6.37. The molecule has 0 saturated carbocycles. The molecule has 0 heterocycles. The molecule has 0 aromatic heterocycles. The van der Waals surface area contributed by atoms with Crippen molar-refractivity contribution in [2.75, 3.05) is 20.3 Å². The van der Waals surface area contributed by atoms with Gasteiger partial charge in [0.2, 0.25) is 0 Å². The van der Waals surface area contributed by atoms with Crippen LogP contribution in [0.5, 0.6) is 0 Å². The fourth-order valence-corrected chi connectivity index (χ4v) is 2.33. The number of hydrogen-bond donors (Lipinski definition) is 0. The molecule has 2 unspecified atom stereocenters. The van der Waals surface area contributed by atoms with Crippen molar-refractivity contribution in [3.05, 3.63) is 23.8 Å². The minimum absolute atomic E-state index is 0.0907. The second-order valence-corrected chi connectivity index (χ2v) is 5.26. The number of allylic oxidation sites excluding steroid dienone is 2. The highest BCUT2D eigenvalue weighted by Gasteiger charge is 2.36. The van der Waals surface area contributed by atoms with Gasteiger partial charge in [0.15, 0.2) is 6.29 Å². The van der Waals surface area contributed by atoms with Crippen molar-refractivity contribution in [3.63, 3.8) is 0 Å². The molecule has 114 valence electrons. The second-order valence-electron chi connectivity index (χ2n) is 5.26. The number of esters is 1. The first kappa shape index (κ1) is 16.9. The Morgan fingerprint density at radius 3 is 2.35 bits per heavy atom. The average Bonchev–Trinajstić information content (AvgIpc) is 2.46. The third kappa shape index (κ3) is 3.93. The molecule has 0 fully saturated rings. The Bertz CT molecular complexity index is 380. The lowest BCUT2D eigenvalue weighted by molar-refractivity contribution is -0.180. The summed E-state index contributed by atoms with van der Waals surface area (Å²) in [7, 11) is 1.40. The van der Waals surface area contributed by atoms with E-state index in [1.807, 2.05) is 26.0 Å².